The third kappa shape index (κ3) is 3.03. The summed E-state index contributed by atoms with van der Waals surface area (Å²) in [4.78, 5) is 19.6. The van der Waals surface area contributed by atoms with Gasteiger partial charge in [-0.1, -0.05) is 32.0 Å². The highest BCUT2D eigenvalue weighted by Crippen LogP contribution is 2.35. The van der Waals surface area contributed by atoms with E-state index in [4.69, 9.17) is 4.74 Å². The van der Waals surface area contributed by atoms with Crippen LogP contribution in [0.3, 0.4) is 0 Å². The van der Waals surface area contributed by atoms with Gasteiger partial charge in [0.2, 0.25) is 5.88 Å². The van der Waals surface area contributed by atoms with Crippen molar-refractivity contribution in [3.05, 3.63) is 64.1 Å². The van der Waals surface area contributed by atoms with Crippen LogP contribution < -0.4 is 4.74 Å². The normalized spacial score (nSPS) is 11.0. The number of hydrogen-bond acceptors (Lipinski definition) is 5. The minimum absolute atomic E-state index is 0.0553. The molecule has 0 radical (unpaired) electrons. The zero-order valence-corrected chi connectivity index (χ0v) is 13.7. The lowest BCUT2D eigenvalue weighted by atomic mass is 10.1. The van der Waals surface area contributed by atoms with Gasteiger partial charge in [0.1, 0.15) is 11.6 Å². The molecule has 6 heteroatoms. The van der Waals surface area contributed by atoms with Gasteiger partial charge in [0, 0.05) is 29.1 Å². The molecule has 6 nitrogen and oxygen atoms in total. The van der Waals surface area contributed by atoms with Crippen molar-refractivity contribution in [3.63, 3.8) is 0 Å². The van der Waals surface area contributed by atoms with Crippen molar-refractivity contribution in [2.45, 2.75) is 26.7 Å². The van der Waals surface area contributed by atoms with E-state index in [1.807, 2.05) is 26.8 Å². The van der Waals surface area contributed by atoms with Crippen LogP contribution in [0.5, 0.6) is 11.6 Å². The molecule has 3 aromatic rings. The molecule has 0 bridgehead atoms. The monoisotopic (exact) mass is 323 g/mol. The molecule has 0 amide bonds. The maximum Gasteiger partial charge on any atom is 0.277 e. The van der Waals surface area contributed by atoms with Crippen LogP contribution in [-0.2, 0) is 0 Å². The molecule has 0 fully saturated rings. The van der Waals surface area contributed by atoms with E-state index >= 15 is 0 Å². The van der Waals surface area contributed by atoms with E-state index in [1.54, 1.807) is 30.3 Å². The SMILES string of the molecule is Cc1cc(Oc2ccc([N+](=O)[O-])c3ccccc23)nc(C(C)C)n1. The summed E-state index contributed by atoms with van der Waals surface area (Å²) in [6, 6.07) is 11.9. The first-order valence-electron chi connectivity index (χ1n) is 7.65. The highest BCUT2D eigenvalue weighted by molar-refractivity contribution is 5.95. The van der Waals surface area contributed by atoms with E-state index in [0.717, 1.165) is 5.69 Å². The van der Waals surface area contributed by atoms with Gasteiger partial charge in [-0.3, -0.25) is 10.1 Å². The van der Waals surface area contributed by atoms with Crippen molar-refractivity contribution < 1.29 is 9.66 Å². The minimum Gasteiger partial charge on any atom is -0.438 e. The molecule has 0 saturated heterocycles. The topological polar surface area (TPSA) is 78.2 Å². The van der Waals surface area contributed by atoms with Crippen LogP contribution in [0.15, 0.2) is 42.5 Å². The first-order chi connectivity index (χ1) is 11.5. The molecule has 24 heavy (non-hydrogen) atoms. The van der Waals surface area contributed by atoms with Gasteiger partial charge in [0.25, 0.3) is 5.69 Å². The van der Waals surface area contributed by atoms with Gasteiger partial charge in [0.05, 0.1) is 10.3 Å². The molecule has 3 rings (SSSR count). The van der Waals surface area contributed by atoms with E-state index in [2.05, 4.69) is 9.97 Å². The minimum atomic E-state index is -0.391. The van der Waals surface area contributed by atoms with Gasteiger partial charge in [0.15, 0.2) is 0 Å². The van der Waals surface area contributed by atoms with Gasteiger partial charge in [-0.2, -0.15) is 4.98 Å². The van der Waals surface area contributed by atoms with Crippen molar-refractivity contribution in [1.29, 1.82) is 0 Å². The van der Waals surface area contributed by atoms with Crippen LogP contribution in [0.1, 0.15) is 31.3 Å². The number of nitro groups is 1. The van der Waals surface area contributed by atoms with Crippen LogP contribution in [0.2, 0.25) is 0 Å². The first-order valence-corrected chi connectivity index (χ1v) is 7.65. The molecule has 0 aliphatic carbocycles. The number of nitro benzene ring substituents is 1. The molecule has 1 aromatic heterocycles. The summed E-state index contributed by atoms with van der Waals surface area (Å²) < 4.78 is 5.92. The molecular formula is C18H17N3O3. The summed E-state index contributed by atoms with van der Waals surface area (Å²) in [6.07, 6.45) is 0. The van der Waals surface area contributed by atoms with Crippen LogP contribution >= 0.6 is 0 Å². The molecule has 122 valence electrons. The number of non-ortho nitro benzene ring substituents is 1. The van der Waals surface area contributed by atoms with Crippen LogP contribution in [0.4, 0.5) is 5.69 Å². The number of benzene rings is 2. The van der Waals surface area contributed by atoms with E-state index in [9.17, 15) is 10.1 Å². The fourth-order valence-electron chi connectivity index (χ4n) is 2.49. The smallest absolute Gasteiger partial charge is 0.277 e. The van der Waals surface area contributed by atoms with E-state index < -0.39 is 4.92 Å². The summed E-state index contributed by atoms with van der Waals surface area (Å²) in [5, 5.41) is 12.4. The van der Waals surface area contributed by atoms with Crippen LogP contribution in [0.25, 0.3) is 10.8 Å². The average molecular weight is 323 g/mol. The fraction of sp³-hybridized carbons (Fsp3) is 0.222. The molecule has 0 unspecified atom stereocenters. The average Bonchev–Trinajstić information content (AvgIpc) is 2.54. The predicted octanol–water partition coefficient (Wildman–Crippen LogP) is 4.76. The number of ether oxygens (including phenoxy) is 1. The van der Waals surface area contributed by atoms with E-state index in [-0.39, 0.29) is 11.6 Å². The third-order valence-corrected chi connectivity index (χ3v) is 3.64. The number of aryl methyl sites for hydroxylation is 1. The van der Waals surface area contributed by atoms with Gasteiger partial charge in [-0.05, 0) is 19.1 Å². The molecule has 0 aliphatic heterocycles. The Hall–Kier alpha value is -3.02. The standard InChI is InChI=1S/C18H17N3O3/c1-11(2)18-19-12(3)10-17(20-18)24-16-9-8-15(21(22)23)13-6-4-5-7-14(13)16/h4-11H,1-3H3. The molecule has 0 saturated carbocycles. The zero-order chi connectivity index (χ0) is 17.3. The zero-order valence-electron chi connectivity index (χ0n) is 13.7. The van der Waals surface area contributed by atoms with Crippen molar-refractivity contribution in [3.8, 4) is 11.6 Å². The van der Waals surface area contributed by atoms with Crippen molar-refractivity contribution in [2.24, 2.45) is 0 Å². The second-order valence-electron chi connectivity index (χ2n) is 5.85. The van der Waals surface area contributed by atoms with E-state index in [1.165, 1.54) is 6.07 Å². The Labute approximate surface area is 139 Å². The molecule has 0 aliphatic rings. The second-order valence-corrected chi connectivity index (χ2v) is 5.85. The van der Waals surface area contributed by atoms with Gasteiger partial charge in [-0.15, -0.1) is 0 Å². The Morgan fingerprint density at radius 1 is 1.08 bits per heavy atom. The highest BCUT2D eigenvalue weighted by Gasteiger charge is 2.16. The van der Waals surface area contributed by atoms with Crippen molar-refractivity contribution >= 4 is 16.5 Å². The van der Waals surface area contributed by atoms with Crippen molar-refractivity contribution in [2.75, 3.05) is 0 Å². The Bertz CT molecular complexity index is 923. The lowest BCUT2D eigenvalue weighted by Crippen LogP contribution is -2.01. The predicted molar refractivity (Wildman–Crippen MR) is 91.5 cm³/mol. The Balaban J connectivity index is 2.09. The number of nitrogens with zero attached hydrogens (tertiary/aromatic N) is 3. The molecule has 0 atom stereocenters. The second kappa shape index (κ2) is 6.23. The van der Waals surface area contributed by atoms with Crippen LogP contribution in [0, 0.1) is 17.0 Å². The van der Waals surface area contributed by atoms with Crippen molar-refractivity contribution in [1.82, 2.24) is 9.97 Å². The van der Waals surface area contributed by atoms with Gasteiger partial charge >= 0.3 is 0 Å². The van der Waals surface area contributed by atoms with Crippen LogP contribution in [-0.4, -0.2) is 14.9 Å². The summed E-state index contributed by atoms with van der Waals surface area (Å²) >= 11 is 0. The largest absolute Gasteiger partial charge is 0.438 e. The number of rotatable bonds is 4. The Morgan fingerprint density at radius 3 is 2.46 bits per heavy atom. The molecular weight excluding hydrogens is 306 g/mol. The summed E-state index contributed by atoms with van der Waals surface area (Å²) in [5.74, 6) is 1.85. The lowest BCUT2D eigenvalue weighted by Gasteiger charge is -2.11. The molecule has 0 spiro atoms. The third-order valence-electron chi connectivity index (χ3n) is 3.64. The first kappa shape index (κ1) is 15.9. The fourth-order valence-corrected chi connectivity index (χ4v) is 2.49. The maximum atomic E-state index is 11.2. The number of aromatic nitrogens is 2. The summed E-state index contributed by atoms with van der Waals surface area (Å²) in [6.45, 7) is 5.91. The molecule has 1 heterocycles. The number of hydrogen-bond donors (Lipinski definition) is 0. The quantitative estimate of drug-likeness (QED) is 0.511. The lowest BCUT2D eigenvalue weighted by molar-refractivity contribution is -0.383. The Morgan fingerprint density at radius 2 is 1.79 bits per heavy atom. The Kier molecular flexibility index (Phi) is 4.12. The maximum absolute atomic E-state index is 11.2. The van der Waals surface area contributed by atoms with Gasteiger partial charge in [-0.25, -0.2) is 4.98 Å². The molecule has 0 N–H and O–H groups in total. The molecule has 2 aromatic carbocycles. The highest BCUT2D eigenvalue weighted by atomic mass is 16.6. The van der Waals surface area contributed by atoms with E-state index in [0.29, 0.717) is 28.2 Å². The summed E-state index contributed by atoms with van der Waals surface area (Å²) in [7, 11) is 0. The number of fused-ring (bicyclic) bond motifs is 1. The van der Waals surface area contributed by atoms with Gasteiger partial charge < -0.3 is 4.74 Å². The summed E-state index contributed by atoms with van der Waals surface area (Å²) in [5.41, 5.74) is 0.870.